The van der Waals surface area contributed by atoms with Gasteiger partial charge in [0.25, 0.3) is 0 Å². The third kappa shape index (κ3) is 3.97. The smallest absolute Gasteiger partial charge is 0.123 e. The average molecular weight is 260 g/mol. The largest absolute Gasteiger partial charge is 0.496 e. The third-order valence-corrected chi connectivity index (χ3v) is 3.36. The Morgan fingerprint density at radius 2 is 2.05 bits per heavy atom. The normalized spacial score (nSPS) is 12.8. The summed E-state index contributed by atoms with van der Waals surface area (Å²) in [4.78, 5) is 0. The van der Waals surface area contributed by atoms with Crippen LogP contribution in [-0.2, 0) is 5.41 Å². The SMILES string of the molecule is CNC(CCC#N)c1cc(C(C)(C)C)ccc1OC. The van der Waals surface area contributed by atoms with Gasteiger partial charge in [0.05, 0.1) is 13.2 Å². The molecule has 0 aliphatic carbocycles. The van der Waals surface area contributed by atoms with Crippen LogP contribution in [0.3, 0.4) is 0 Å². The number of nitrogens with one attached hydrogen (secondary N) is 1. The zero-order valence-electron chi connectivity index (χ0n) is 12.6. The molecule has 0 radical (unpaired) electrons. The molecule has 0 aromatic heterocycles. The van der Waals surface area contributed by atoms with Gasteiger partial charge in [-0.2, -0.15) is 5.26 Å². The zero-order valence-corrected chi connectivity index (χ0v) is 12.6. The number of nitriles is 1. The lowest BCUT2D eigenvalue weighted by Gasteiger charge is -2.24. The molecule has 0 heterocycles. The number of hydrogen-bond acceptors (Lipinski definition) is 3. The van der Waals surface area contributed by atoms with E-state index in [-0.39, 0.29) is 11.5 Å². The van der Waals surface area contributed by atoms with Gasteiger partial charge in [0.2, 0.25) is 0 Å². The highest BCUT2D eigenvalue weighted by Gasteiger charge is 2.19. The van der Waals surface area contributed by atoms with Crippen LogP contribution in [0.2, 0.25) is 0 Å². The maximum atomic E-state index is 8.76. The first-order valence-corrected chi connectivity index (χ1v) is 6.66. The van der Waals surface area contributed by atoms with E-state index < -0.39 is 0 Å². The molecule has 0 saturated carbocycles. The maximum Gasteiger partial charge on any atom is 0.123 e. The summed E-state index contributed by atoms with van der Waals surface area (Å²) >= 11 is 0. The van der Waals surface area contributed by atoms with Crippen LogP contribution < -0.4 is 10.1 Å². The van der Waals surface area contributed by atoms with E-state index in [0.717, 1.165) is 17.7 Å². The van der Waals surface area contributed by atoms with Crippen molar-refractivity contribution in [2.45, 2.75) is 45.1 Å². The van der Waals surface area contributed by atoms with E-state index in [0.29, 0.717) is 6.42 Å². The second kappa shape index (κ2) is 6.58. The number of hydrogen-bond donors (Lipinski definition) is 1. The second-order valence-electron chi connectivity index (χ2n) is 5.74. The van der Waals surface area contributed by atoms with Crippen molar-refractivity contribution in [2.75, 3.05) is 14.2 Å². The van der Waals surface area contributed by atoms with Crippen LogP contribution in [0.1, 0.15) is 50.8 Å². The molecule has 0 aliphatic rings. The molecule has 1 rings (SSSR count). The van der Waals surface area contributed by atoms with Crippen molar-refractivity contribution < 1.29 is 4.74 Å². The Morgan fingerprint density at radius 1 is 1.37 bits per heavy atom. The lowest BCUT2D eigenvalue weighted by molar-refractivity contribution is 0.398. The maximum absolute atomic E-state index is 8.76. The van der Waals surface area contributed by atoms with E-state index in [2.05, 4.69) is 44.3 Å². The summed E-state index contributed by atoms with van der Waals surface area (Å²) in [5.74, 6) is 0.880. The first-order chi connectivity index (χ1) is 8.93. The van der Waals surface area contributed by atoms with Crippen LogP contribution in [-0.4, -0.2) is 14.2 Å². The van der Waals surface area contributed by atoms with Crippen LogP contribution in [0, 0.1) is 11.3 Å². The topological polar surface area (TPSA) is 45.0 Å². The van der Waals surface area contributed by atoms with Crippen LogP contribution >= 0.6 is 0 Å². The van der Waals surface area contributed by atoms with Gasteiger partial charge >= 0.3 is 0 Å². The Morgan fingerprint density at radius 3 is 2.53 bits per heavy atom. The molecule has 0 bridgehead atoms. The lowest BCUT2D eigenvalue weighted by Crippen LogP contribution is -2.19. The average Bonchev–Trinajstić information content (AvgIpc) is 2.38. The molecule has 1 aromatic rings. The molecule has 1 N–H and O–H groups in total. The Kier molecular flexibility index (Phi) is 5.38. The van der Waals surface area contributed by atoms with Gasteiger partial charge in [-0.05, 0) is 36.6 Å². The summed E-state index contributed by atoms with van der Waals surface area (Å²) in [7, 11) is 3.61. The molecule has 19 heavy (non-hydrogen) atoms. The highest BCUT2D eigenvalue weighted by molar-refractivity contribution is 5.41. The van der Waals surface area contributed by atoms with Crippen LogP contribution in [0.25, 0.3) is 0 Å². The monoisotopic (exact) mass is 260 g/mol. The molecule has 0 spiro atoms. The molecule has 3 nitrogen and oxygen atoms in total. The molecule has 1 unspecified atom stereocenters. The fourth-order valence-electron chi connectivity index (χ4n) is 2.14. The second-order valence-corrected chi connectivity index (χ2v) is 5.74. The van der Waals surface area contributed by atoms with Gasteiger partial charge in [0, 0.05) is 18.0 Å². The molecule has 0 amide bonds. The fraction of sp³-hybridized carbons (Fsp3) is 0.562. The first-order valence-electron chi connectivity index (χ1n) is 6.66. The van der Waals surface area contributed by atoms with Crippen LogP contribution in [0.5, 0.6) is 5.75 Å². The highest BCUT2D eigenvalue weighted by atomic mass is 16.5. The molecule has 104 valence electrons. The number of methoxy groups -OCH3 is 1. The summed E-state index contributed by atoms with van der Waals surface area (Å²) in [6, 6.07) is 8.68. The number of benzene rings is 1. The predicted octanol–water partition coefficient (Wildman–Crippen LogP) is 3.56. The first kappa shape index (κ1) is 15.5. The zero-order chi connectivity index (χ0) is 14.5. The lowest BCUT2D eigenvalue weighted by atomic mass is 9.85. The van der Waals surface area contributed by atoms with Gasteiger partial charge in [0.1, 0.15) is 5.75 Å². The molecule has 1 atom stereocenters. The van der Waals surface area contributed by atoms with E-state index in [9.17, 15) is 0 Å². The Balaban J connectivity index is 3.17. The minimum atomic E-state index is 0.106. The summed E-state index contributed by atoms with van der Waals surface area (Å²) in [6.45, 7) is 6.59. The Bertz CT molecular complexity index is 455. The molecular formula is C16H24N2O. The van der Waals surface area contributed by atoms with E-state index in [4.69, 9.17) is 10.00 Å². The van der Waals surface area contributed by atoms with Gasteiger partial charge in [-0.3, -0.25) is 0 Å². The van der Waals surface area contributed by atoms with Crippen LogP contribution in [0.15, 0.2) is 18.2 Å². The van der Waals surface area contributed by atoms with E-state index in [1.807, 2.05) is 13.1 Å². The van der Waals surface area contributed by atoms with Crippen molar-refractivity contribution in [1.82, 2.24) is 5.32 Å². The van der Waals surface area contributed by atoms with Gasteiger partial charge < -0.3 is 10.1 Å². The molecule has 1 aromatic carbocycles. The Hall–Kier alpha value is -1.53. The highest BCUT2D eigenvalue weighted by Crippen LogP contribution is 2.33. The van der Waals surface area contributed by atoms with Crippen molar-refractivity contribution in [3.63, 3.8) is 0 Å². The van der Waals surface area contributed by atoms with E-state index in [1.165, 1.54) is 5.56 Å². The fourth-order valence-corrected chi connectivity index (χ4v) is 2.14. The number of ether oxygens (including phenoxy) is 1. The van der Waals surface area contributed by atoms with E-state index in [1.54, 1.807) is 7.11 Å². The minimum Gasteiger partial charge on any atom is -0.496 e. The molecule has 0 saturated heterocycles. The summed E-state index contributed by atoms with van der Waals surface area (Å²) < 4.78 is 5.45. The number of nitrogens with zero attached hydrogens (tertiary/aromatic N) is 1. The van der Waals surface area contributed by atoms with Crippen LogP contribution in [0.4, 0.5) is 0 Å². The molecule has 0 aliphatic heterocycles. The number of rotatable bonds is 5. The molecular weight excluding hydrogens is 236 g/mol. The predicted molar refractivity (Wildman–Crippen MR) is 78.3 cm³/mol. The van der Waals surface area contributed by atoms with Crippen molar-refractivity contribution >= 4 is 0 Å². The van der Waals surface area contributed by atoms with E-state index >= 15 is 0 Å². The van der Waals surface area contributed by atoms with Gasteiger partial charge in [-0.15, -0.1) is 0 Å². The summed E-state index contributed by atoms with van der Waals surface area (Å²) in [6.07, 6.45) is 1.32. The Labute approximate surface area is 116 Å². The quantitative estimate of drug-likeness (QED) is 0.880. The van der Waals surface area contributed by atoms with Crippen molar-refractivity contribution in [2.24, 2.45) is 0 Å². The van der Waals surface area contributed by atoms with Gasteiger partial charge in [-0.1, -0.05) is 26.8 Å². The molecule has 3 heteroatoms. The van der Waals surface area contributed by atoms with Crippen molar-refractivity contribution in [3.8, 4) is 11.8 Å². The van der Waals surface area contributed by atoms with Gasteiger partial charge in [-0.25, -0.2) is 0 Å². The summed E-state index contributed by atoms with van der Waals surface area (Å²) in [5.41, 5.74) is 2.52. The molecule has 0 fully saturated rings. The van der Waals surface area contributed by atoms with Crippen molar-refractivity contribution in [3.05, 3.63) is 29.3 Å². The van der Waals surface area contributed by atoms with Crippen molar-refractivity contribution in [1.29, 1.82) is 5.26 Å². The summed E-state index contributed by atoms with van der Waals surface area (Å²) in [5, 5.41) is 12.0. The third-order valence-electron chi connectivity index (χ3n) is 3.36. The standard InChI is InChI=1S/C16H24N2O/c1-16(2,3)12-8-9-15(19-5)13(11-12)14(18-4)7-6-10-17/h8-9,11,14,18H,6-7H2,1-5H3. The minimum absolute atomic E-state index is 0.106. The van der Waals surface area contributed by atoms with Gasteiger partial charge in [0.15, 0.2) is 0 Å².